The molecule has 2 aromatic carbocycles. The summed E-state index contributed by atoms with van der Waals surface area (Å²) in [5.41, 5.74) is 5.21. The second-order valence-electron chi connectivity index (χ2n) is 14.1. The largest absolute Gasteiger partial charge is 0.444 e. The lowest BCUT2D eigenvalue weighted by Gasteiger charge is -2.29. The third kappa shape index (κ3) is 13.5. The quantitative estimate of drug-likeness (QED) is 0.102. The average Bonchev–Trinajstić information content (AvgIpc) is 3.55. The molecule has 0 spiro atoms. The zero-order valence-electron chi connectivity index (χ0n) is 29.7. The van der Waals surface area contributed by atoms with E-state index < -0.39 is 17.7 Å². The summed E-state index contributed by atoms with van der Waals surface area (Å²) in [7, 11) is 0. The van der Waals surface area contributed by atoms with Gasteiger partial charge in [-0.05, 0) is 76.3 Å². The van der Waals surface area contributed by atoms with Crippen molar-refractivity contribution >= 4 is 40.6 Å². The van der Waals surface area contributed by atoms with Gasteiger partial charge in [0.15, 0.2) is 5.78 Å². The fourth-order valence-electron chi connectivity index (χ4n) is 5.89. The van der Waals surface area contributed by atoms with Crippen LogP contribution in [0.3, 0.4) is 0 Å². The second-order valence-corrected chi connectivity index (χ2v) is 16.1. The molecule has 0 radical (unpaired) electrons. The molecule has 2 heterocycles. The van der Waals surface area contributed by atoms with Crippen LogP contribution in [0.5, 0.6) is 0 Å². The van der Waals surface area contributed by atoms with E-state index in [4.69, 9.17) is 9.47 Å². The van der Waals surface area contributed by atoms with E-state index in [0.29, 0.717) is 32.2 Å². The number of Topliss-reactive ketones (excluding diaryl/α,β-unsaturated/α-hetero) is 1. The Morgan fingerprint density at radius 3 is 2.08 bits per heavy atom. The van der Waals surface area contributed by atoms with Crippen LogP contribution in [0.2, 0.25) is 0 Å². The number of hydrogen-bond donors (Lipinski definition) is 2. The van der Waals surface area contributed by atoms with Gasteiger partial charge in [0, 0.05) is 35.8 Å². The highest BCUT2D eigenvalue weighted by Gasteiger charge is 2.35. The van der Waals surface area contributed by atoms with Crippen LogP contribution in [-0.4, -0.2) is 63.1 Å². The first kappa shape index (κ1) is 38.1. The smallest absolute Gasteiger partial charge is 0.407 e. The minimum atomic E-state index is -0.808. The van der Waals surface area contributed by atoms with E-state index in [1.807, 2.05) is 74.2 Å². The van der Waals surface area contributed by atoms with Crippen LogP contribution in [0.1, 0.15) is 73.8 Å². The van der Waals surface area contributed by atoms with Gasteiger partial charge in [-0.1, -0.05) is 60.7 Å². The van der Waals surface area contributed by atoms with Crippen LogP contribution in [0.15, 0.2) is 84.1 Å². The zero-order chi connectivity index (χ0) is 36.1. The first-order valence-corrected chi connectivity index (χ1v) is 19.4. The Morgan fingerprint density at radius 2 is 1.49 bits per heavy atom. The van der Waals surface area contributed by atoms with E-state index in [9.17, 15) is 14.4 Å². The van der Waals surface area contributed by atoms with E-state index >= 15 is 0 Å². The number of carbonyl (C=O) groups is 3. The molecule has 12 heteroatoms. The van der Waals surface area contributed by atoms with E-state index in [0.717, 1.165) is 33.7 Å². The van der Waals surface area contributed by atoms with Gasteiger partial charge in [-0.15, -0.1) is 22.7 Å². The third-order valence-corrected chi connectivity index (χ3v) is 10.2. The number of alkyl carbamates (subject to hydrolysis) is 1. The van der Waals surface area contributed by atoms with Crippen molar-refractivity contribution in [3.05, 3.63) is 105 Å². The van der Waals surface area contributed by atoms with Crippen LogP contribution in [0.4, 0.5) is 9.59 Å². The molecule has 4 aromatic rings. The summed E-state index contributed by atoms with van der Waals surface area (Å²) in [6.45, 7) is 6.52. The highest BCUT2D eigenvalue weighted by Crippen LogP contribution is 2.29. The number of ketones is 1. The fraction of sp³-hybridized carbons (Fsp3) is 0.462. The fourth-order valence-corrected chi connectivity index (χ4v) is 6.99. The van der Waals surface area contributed by atoms with Crippen molar-refractivity contribution < 1.29 is 23.9 Å². The predicted octanol–water partition coefficient (Wildman–Crippen LogP) is 7.59. The minimum absolute atomic E-state index is 0.0426. The van der Waals surface area contributed by atoms with Gasteiger partial charge in [-0.2, -0.15) is 0 Å². The number of carbonyl (C=O) groups excluding carboxylic acids is 3. The molecule has 3 unspecified atom stereocenters. The molecular formula is C39H49N5O5S2. The third-order valence-electron chi connectivity index (χ3n) is 8.68. The molecule has 51 heavy (non-hydrogen) atoms. The molecule has 0 aliphatic heterocycles. The van der Waals surface area contributed by atoms with Gasteiger partial charge in [0.05, 0.1) is 34.7 Å². The number of rotatable bonds is 19. The van der Waals surface area contributed by atoms with Crippen LogP contribution in [0, 0.1) is 5.92 Å². The maximum Gasteiger partial charge on any atom is 0.407 e. The molecule has 2 aromatic heterocycles. The van der Waals surface area contributed by atoms with Crippen molar-refractivity contribution in [2.75, 3.05) is 6.61 Å². The van der Waals surface area contributed by atoms with Crippen molar-refractivity contribution in [2.45, 2.75) is 103 Å². The van der Waals surface area contributed by atoms with Gasteiger partial charge in [0.2, 0.25) is 0 Å². The van der Waals surface area contributed by atoms with Gasteiger partial charge >= 0.3 is 12.1 Å². The number of amides is 3. The van der Waals surface area contributed by atoms with Crippen LogP contribution in [-0.2, 0) is 40.3 Å². The van der Waals surface area contributed by atoms with Crippen molar-refractivity contribution in [1.29, 1.82) is 0 Å². The normalized spacial score (nSPS) is 14.6. The number of hydrogen-bond acceptors (Lipinski definition) is 9. The summed E-state index contributed by atoms with van der Waals surface area (Å²) in [6, 6.07) is 19.0. The van der Waals surface area contributed by atoms with Crippen LogP contribution < -0.4 is 10.6 Å². The van der Waals surface area contributed by atoms with Gasteiger partial charge in [-0.3, -0.25) is 14.8 Å². The molecule has 0 bridgehead atoms. The molecule has 3 atom stereocenters. The van der Waals surface area contributed by atoms with Gasteiger partial charge in [0.25, 0.3) is 0 Å². The highest BCUT2D eigenvalue weighted by atomic mass is 32.1. The SMILES string of the molecule is CC(C)(C)OCC(NC(=O)N(Cc1cncs1)C1CC1)C(=O)CC(CCC(Cc1ccccc1)NC(=O)OCc1cncs1)Cc1ccccc1. The molecular weight excluding hydrogens is 683 g/mol. The molecule has 1 aliphatic carbocycles. The topological polar surface area (TPSA) is 123 Å². The average molecular weight is 732 g/mol. The summed E-state index contributed by atoms with van der Waals surface area (Å²) in [5, 5.41) is 6.15. The lowest BCUT2D eigenvalue weighted by molar-refractivity contribution is -0.125. The lowest BCUT2D eigenvalue weighted by Crippen LogP contribution is -2.51. The molecule has 5 rings (SSSR count). The summed E-state index contributed by atoms with van der Waals surface area (Å²) in [4.78, 5) is 52.8. The van der Waals surface area contributed by atoms with Crippen LogP contribution >= 0.6 is 22.7 Å². The summed E-state index contributed by atoms with van der Waals surface area (Å²) < 4.78 is 11.6. The number of nitrogens with one attached hydrogen (secondary N) is 2. The number of urea groups is 1. The van der Waals surface area contributed by atoms with E-state index in [2.05, 4.69) is 32.7 Å². The number of nitrogens with zero attached hydrogens (tertiary/aromatic N) is 3. The van der Waals surface area contributed by atoms with E-state index in [1.165, 1.54) is 22.7 Å². The minimum Gasteiger partial charge on any atom is -0.444 e. The number of ether oxygens (including phenoxy) is 2. The first-order chi connectivity index (χ1) is 24.6. The Bertz CT molecular complexity index is 1630. The van der Waals surface area contributed by atoms with E-state index in [-0.39, 0.29) is 49.5 Å². The van der Waals surface area contributed by atoms with Crippen molar-refractivity contribution in [1.82, 2.24) is 25.5 Å². The predicted molar refractivity (Wildman–Crippen MR) is 201 cm³/mol. The molecule has 0 saturated heterocycles. The molecule has 272 valence electrons. The monoisotopic (exact) mass is 731 g/mol. The Balaban J connectivity index is 1.29. The molecule has 1 saturated carbocycles. The molecule has 2 N–H and O–H groups in total. The number of thiazole rings is 2. The zero-order valence-corrected chi connectivity index (χ0v) is 31.3. The molecule has 1 aliphatic rings. The van der Waals surface area contributed by atoms with Gasteiger partial charge in [-0.25, -0.2) is 9.59 Å². The standard InChI is InChI=1S/C39H49N5O5S2/c1-39(2,3)49-25-35(43-37(46)44(32-16-17-32)23-33-21-40-26-50-33)36(45)20-30(18-28-10-6-4-7-11-28)14-15-31(19-29-12-8-5-9-13-29)42-38(47)48-24-34-22-41-27-51-34/h4-13,21-22,26-27,30-32,35H,14-20,23-25H2,1-3H3,(H,42,47)(H,43,46). The maximum atomic E-state index is 14.2. The maximum absolute atomic E-state index is 14.2. The number of benzene rings is 2. The second kappa shape index (κ2) is 18.9. The Hall–Kier alpha value is -4.13. The molecule has 1 fully saturated rings. The summed E-state index contributed by atoms with van der Waals surface area (Å²) >= 11 is 2.95. The highest BCUT2D eigenvalue weighted by molar-refractivity contribution is 7.09. The summed E-state index contributed by atoms with van der Waals surface area (Å²) in [5.74, 6) is -0.113. The van der Waals surface area contributed by atoms with Crippen molar-refractivity contribution in [2.24, 2.45) is 5.92 Å². The molecule has 10 nitrogen and oxygen atoms in total. The summed E-state index contributed by atoms with van der Waals surface area (Å²) in [6.07, 6.45) is 7.74. The van der Waals surface area contributed by atoms with Gasteiger partial charge in [0.1, 0.15) is 12.6 Å². The van der Waals surface area contributed by atoms with E-state index in [1.54, 1.807) is 23.4 Å². The van der Waals surface area contributed by atoms with Crippen molar-refractivity contribution in [3.8, 4) is 0 Å². The Labute approximate surface area is 309 Å². The van der Waals surface area contributed by atoms with Crippen molar-refractivity contribution in [3.63, 3.8) is 0 Å². The Morgan fingerprint density at radius 1 is 0.863 bits per heavy atom. The first-order valence-electron chi connectivity index (χ1n) is 17.6. The van der Waals surface area contributed by atoms with Gasteiger partial charge < -0.3 is 25.0 Å². The lowest BCUT2D eigenvalue weighted by atomic mass is 9.86. The van der Waals surface area contributed by atoms with Crippen LogP contribution in [0.25, 0.3) is 0 Å². The molecule has 3 amide bonds. The Kier molecular flexibility index (Phi) is 14.1. The number of aromatic nitrogens is 2.